The lowest BCUT2D eigenvalue weighted by atomic mass is 10.5. The van der Waals surface area contributed by atoms with Gasteiger partial charge in [0, 0.05) is 6.10 Å². The highest BCUT2D eigenvalue weighted by atomic mass is 35.6. The van der Waals surface area contributed by atoms with Crippen molar-refractivity contribution in [1.29, 1.82) is 0 Å². The van der Waals surface area contributed by atoms with Gasteiger partial charge in [-0.3, -0.25) is 0 Å². The first-order valence-electron chi connectivity index (χ1n) is 2.90. The number of rotatable bonds is 3. The second-order valence-corrected chi connectivity index (χ2v) is 8.31. The Morgan fingerprint density at radius 1 is 1.56 bits per heavy atom. The summed E-state index contributed by atoms with van der Waals surface area (Å²) in [6.45, 7) is 5.81. The molecule has 0 radical (unpaired) electrons. The fraction of sp³-hybridized carbons (Fsp3) is 1.00. The number of alkyl halides is 1. The molecule has 0 amide bonds. The molecule has 0 N–H and O–H groups in total. The molecule has 1 unspecified atom stereocenters. The normalized spacial score (nSPS) is 18.0. The monoisotopic (exact) mass is 186 g/mol. The molecule has 1 nitrogen and oxygen atoms in total. The third-order valence-corrected chi connectivity index (χ3v) is 4.77. The molecule has 0 aromatic heterocycles. The SMILES string of the molecule is CC(C)O[Si](C)(Cl)CCl. The van der Waals surface area contributed by atoms with Gasteiger partial charge in [0.15, 0.2) is 0 Å². The maximum absolute atomic E-state index is 5.90. The minimum absolute atomic E-state index is 0.193. The van der Waals surface area contributed by atoms with Gasteiger partial charge in [-0.25, -0.2) is 0 Å². The second-order valence-electron chi connectivity index (χ2n) is 2.40. The summed E-state index contributed by atoms with van der Waals surface area (Å²) >= 11 is 11.4. The molecule has 0 aromatic carbocycles. The maximum Gasteiger partial charge on any atom is 0.301 e. The maximum atomic E-state index is 5.90. The van der Waals surface area contributed by atoms with E-state index in [1.807, 2.05) is 20.4 Å². The third kappa shape index (κ3) is 5.21. The summed E-state index contributed by atoms with van der Waals surface area (Å²) in [4.78, 5) is 0. The molecule has 0 heterocycles. The highest BCUT2D eigenvalue weighted by Crippen LogP contribution is 2.14. The highest BCUT2D eigenvalue weighted by molar-refractivity contribution is 7.18. The van der Waals surface area contributed by atoms with Crippen molar-refractivity contribution >= 4 is 30.3 Å². The van der Waals surface area contributed by atoms with Crippen LogP contribution >= 0.6 is 22.7 Å². The van der Waals surface area contributed by atoms with Crippen molar-refractivity contribution in [2.24, 2.45) is 0 Å². The summed E-state index contributed by atoms with van der Waals surface area (Å²) < 4.78 is 5.36. The van der Waals surface area contributed by atoms with Crippen LogP contribution in [0.15, 0.2) is 0 Å². The van der Waals surface area contributed by atoms with Crippen LogP contribution < -0.4 is 0 Å². The van der Waals surface area contributed by atoms with Crippen LogP contribution in [0.3, 0.4) is 0 Å². The molecule has 0 spiro atoms. The minimum Gasteiger partial charge on any atom is -0.400 e. The van der Waals surface area contributed by atoms with E-state index in [9.17, 15) is 0 Å². The van der Waals surface area contributed by atoms with E-state index >= 15 is 0 Å². The molecule has 0 aliphatic rings. The molecule has 56 valence electrons. The van der Waals surface area contributed by atoms with Gasteiger partial charge in [-0.15, -0.1) is 22.7 Å². The van der Waals surface area contributed by atoms with Gasteiger partial charge in [0.05, 0.1) is 5.50 Å². The third-order valence-electron chi connectivity index (χ3n) is 0.720. The van der Waals surface area contributed by atoms with Gasteiger partial charge in [-0.2, -0.15) is 0 Å². The van der Waals surface area contributed by atoms with E-state index in [-0.39, 0.29) is 6.10 Å². The van der Waals surface area contributed by atoms with Crippen molar-refractivity contribution in [2.75, 3.05) is 5.50 Å². The lowest BCUT2D eigenvalue weighted by molar-refractivity contribution is 0.241. The Bertz CT molecular complexity index is 85.0. The standard InChI is InChI=1S/C5H12Cl2OSi/c1-5(2)8-9(3,7)4-6/h5H,4H2,1-3H3. The van der Waals surface area contributed by atoms with E-state index < -0.39 is 7.63 Å². The van der Waals surface area contributed by atoms with Crippen molar-refractivity contribution in [3.8, 4) is 0 Å². The summed E-state index contributed by atoms with van der Waals surface area (Å²) in [7, 11) is -2.00. The molecule has 1 atom stereocenters. The van der Waals surface area contributed by atoms with Crippen LogP contribution in [0.2, 0.25) is 6.55 Å². The fourth-order valence-electron chi connectivity index (χ4n) is 0.523. The number of hydrogen-bond acceptors (Lipinski definition) is 1. The zero-order chi connectivity index (χ0) is 7.49. The van der Waals surface area contributed by atoms with Crippen LogP contribution in [0.5, 0.6) is 0 Å². The summed E-state index contributed by atoms with van der Waals surface area (Å²) in [5.41, 5.74) is 0.451. The second kappa shape index (κ2) is 3.81. The molecule has 9 heavy (non-hydrogen) atoms. The molecule has 0 aliphatic heterocycles. The predicted octanol–water partition coefficient (Wildman–Crippen LogP) is 2.50. The molecule has 0 saturated carbocycles. The van der Waals surface area contributed by atoms with E-state index in [0.717, 1.165) is 0 Å². The molecule has 0 rings (SSSR count). The first kappa shape index (κ1) is 9.76. The molecule has 0 bridgehead atoms. The Labute approximate surface area is 67.1 Å². The van der Waals surface area contributed by atoms with Gasteiger partial charge in [-0.1, -0.05) is 0 Å². The molecular formula is C5H12Cl2OSi. The predicted molar refractivity (Wildman–Crippen MR) is 44.4 cm³/mol. The first-order valence-corrected chi connectivity index (χ1v) is 7.07. The summed E-state index contributed by atoms with van der Waals surface area (Å²) in [5, 5.41) is 0. The van der Waals surface area contributed by atoms with Gasteiger partial charge in [0.1, 0.15) is 0 Å². The molecule has 0 aliphatic carbocycles. The quantitative estimate of drug-likeness (QED) is 0.374. The highest BCUT2D eigenvalue weighted by Gasteiger charge is 2.25. The summed E-state index contributed by atoms with van der Waals surface area (Å²) in [5.74, 6) is 0. The van der Waals surface area contributed by atoms with Crippen molar-refractivity contribution in [1.82, 2.24) is 0 Å². The molecular weight excluding hydrogens is 175 g/mol. The zero-order valence-corrected chi connectivity index (χ0v) is 8.46. The largest absolute Gasteiger partial charge is 0.400 e. The molecule has 0 fully saturated rings. The van der Waals surface area contributed by atoms with E-state index in [2.05, 4.69) is 0 Å². The Kier molecular flexibility index (Phi) is 4.13. The average Bonchev–Trinajstić information content (AvgIpc) is 1.63. The summed E-state index contributed by atoms with van der Waals surface area (Å²) in [6, 6.07) is 0. The lowest BCUT2D eigenvalue weighted by Gasteiger charge is -2.19. The van der Waals surface area contributed by atoms with Crippen LogP contribution in [0.4, 0.5) is 0 Å². The number of halogens is 2. The average molecular weight is 187 g/mol. The van der Waals surface area contributed by atoms with E-state index in [1.165, 1.54) is 0 Å². The van der Waals surface area contributed by atoms with E-state index in [1.54, 1.807) is 0 Å². The molecule has 0 aromatic rings. The zero-order valence-electron chi connectivity index (χ0n) is 5.95. The lowest BCUT2D eigenvalue weighted by Crippen LogP contribution is -2.33. The molecule has 0 saturated heterocycles. The number of hydrogen-bond donors (Lipinski definition) is 0. The molecule has 4 heteroatoms. The van der Waals surface area contributed by atoms with Crippen molar-refractivity contribution in [3.63, 3.8) is 0 Å². The topological polar surface area (TPSA) is 9.23 Å². The van der Waals surface area contributed by atoms with Crippen molar-refractivity contribution < 1.29 is 4.43 Å². The van der Waals surface area contributed by atoms with Crippen LogP contribution in [-0.4, -0.2) is 19.2 Å². The fourth-order valence-corrected chi connectivity index (χ4v) is 2.29. The van der Waals surface area contributed by atoms with Crippen LogP contribution in [0, 0.1) is 0 Å². The van der Waals surface area contributed by atoms with Gasteiger partial charge in [0.2, 0.25) is 0 Å². The van der Waals surface area contributed by atoms with E-state index in [0.29, 0.717) is 5.50 Å². The van der Waals surface area contributed by atoms with Gasteiger partial charge < -0.3 is 4.43 Å². The van der Waals surface area contributed by atoms with E-state index in [4.69, 9.17) is 27.1 Å². The smallest absolute Gasteiger partial charge is 0.301 e. The first-order chi connectivity index (χ1) is 3.98. The Balaban J connectivity index is 3.58. The van der Waals surface area contributed by atoms with Crippen molar-refractivity contribution in [3.05, 3.63) is 0 Å². The Morgan fingerprint density at radius 2 is 2.00 bits per heavy atom. The minimum atomic E-state index is -2.00. The Morgan fingerprint density at radius 3 is 2.11 bits per heavy atom. The van der Waals surface area contributed by atoms with Crippen LogP contribution in [0.25, 0.3) is 0 Å². The van der Waals surface area contributed by atoms with Crippen LogP contribution in [0.1, 0.15) is 13.8 Å². The van der Waals surface area contributed by atoms with Gasteiger partial charge in [-0.05, 0) is 20.4 Å². The Hall–Kier alpha value is 0.757. The van der Waals surface area contributed by atoms with Crippen LogP contribution in [-0.2, 0) is 4.43 Å². The van der Waals surface area contributed by atoms with Gasteiger partial charge >= 0.3 is 7.63 Å². The van der Waals surface area contributed by atoms with Crippen molar-refractivity contribution in [2.45, 2.75) is 26.5 Å². The van der Waals surface area contributed by atoms with Gasteiger partial charge in [0.25, 0.3) is 0 Å². The summed E-state index contributed by atoms with van der Waals surface area (Å²) in [6.07, 6.45) is 0.193.